The summed E-state index contributed by atoms with van der Waals surface area (Å²) in [7, 11) is 0. The van der Waals surface area contributed by atoms with Gasteiger partial charge < -0.3 is 9.26 Å². The zero-order chi connectivity index (χ0) is 10.7. The molecule has 2 rings (SSSR count). The predicted octanol–water partition coefficient (Wildman–Crippen LogP) is 1.60. The Balaban J connectivity index is 2.11. The van der Waals surface area contributed by atoms with Crippen LogP contribution in [0.15, 0.2) is 34.9 Å². The SMILES string of the molecule is Cc1nc(OC(=O)c2ccccc2)no1. The van der Waals surface area contributed by atoms with E-state index in [0.29, 0.717) is 11.5 Å². The predicted molar refractivity (Wildman–Crippen MR) is 50.4 cm³/mol. The highest BCUT2D eigenvalue weighted by Crippen LogP contribution is 2.07. The van der Waals surface area contributed by atoms with E-state index in [-0.39, 0.29) is 6.01 Å². The molecule has 0 N–H and O–H groups in total. The third-order valence-electron chi connectivity index (χ3n) is 1.70. The summed E-state index contributed by atoms with van der Waals surface area (Å²) in [4.78, 5) is 15.2. The number of carbonyl (C=O) groups excluding carboxylic acids is 1. The van der Waals surface area contributed by atoms with Crippen LogP contribution in [0.25, 0.3) is 0 Å². The van der Waals surface area contributed by atoms with Crippen molar-refractivity contribution in [2.24, 2.45) is 0 Å². The quantitative estimate of drug-likeness (QED) is 0.695. The molecule has 0 aliphatic carbocycles. The molecule has 0 fully saturated rings. The van der Waals surface area contributed by atoms with E-state index in [4.69, 9.17) is 4.74 Å². The second-order valence-corrected chi connectivity index (χ2v) is 2.85. The number of hydrogen-bond donors (Lipinski definition) is 0. The van der Waals surface area contributed by atoms with Crippen LogP contribution in [0.2, 0.25) is 0 Å². The van der Waals surface area contributed by atoms with Crippen molar-refractivity contribution in [2.45, 2.75) is 6.92 Å². The minimum atomic E-state index is -0.503. The fourth-order valence-corrected chi connectivity index (χ4v) is 1.04. The van der Waals surface area contributed by atoms with E-state index in [9.17, 15) is 4.79 Å². The van der Waals surface area contributed by atoms with Crippen LogP contribution in [0.3, 0.4) is 0 Å². The molecule has 1 aromatic carbocycles. The van der Waals surface area contributed by atoms with E-state index >= 15 is 0 Å². The first-order chi connectivity index (χ1) is 7.25. The molecule has 1 aromatic heterocycles. The van der Waals surface area contributed by atoms with Gasteiger partial charge in [0.15, 0.2) is 0 Å². The topological polar surface area (TPSA) is 65.2 Å². The maximum Gasteiger partial charge on any atom is 0.362 e. The van der Waals surface area contributed by atoms with Gasteiger partial charge in [0.1, 0.15) is 0 Å². The minimum absolute atomic E-state index is 0.0682. The monoisotopic (exact) mass is 204 g/mol. The molecule has 0 unspecified atom stereocenters. The van der Waals surface area contributed by atoms with Crippen molar-refractivity contribution < 1.29 is 14.1 Å². The maximum absolute atomic E-state index is 11.5. The Bertz CT molecular complexity index is 465. The normalized spacial score (nSPS) is 9.93. The van der Waals surface area contributed by atoms with Crippen molar-refractivity contribution in [1.29, 1.82) is 0 Å². The zero-order valence-corrected chi connectivity index (χ0v) is 8.01. The van der Waals surface area contributed by atoms with Gasteiger partial charge in [0.05, 0.1) is 5.56 Å². The molecule has 2 aromatic rings. The number of esters is 1. The first-order valence-corrected chi connectivity index (χ1v) is 4.33. The Morgan fingerprint density at radius 1 is 1.33 bits per heavy atom. The van der Waals surface area contributed by atoms with Crippen molar-refractivity contribution >= 4 is 5.97 Å². The number of rotatable bonds is 2. The molecule has 1 heterocycles. The van der Waals surface area contributed by atoms with Gasteiger partial charge in [-0.05, 0) is 17.3 Å². The Morgan fingerprint density at radius 2 is 2.07 bits per heavy atom. The smallest absolute Gasteiger partial charge is 0.362 e. The summed E-state index contributed by atoms with van der Waals surface area (Å²) in [6.07, 6.45) is 0. The van der Waals surface area contributed by atoms with Crippen LogP contribution in [-0.2, 0) is 0 Å². The summed E-state index contributed by atoms with van der Waals surface area (Å²) in [6, 6.07) is 8.54. The zero-order valence-electron chi connectivity index (χ0n) is 8.01. The molecule has 0 radical (unpaired) electrons. The van der Waals surface area contributed by atoms with Gasteiger partial charge in [0.2, 0.25) is 5.89 Å². The second kappa shape index (κ2) is 3.91. The number of carbonyl (C=O) groups is 1. The van der Waals surface area contributed by atoms with Gasteiger partial charge in [0.25, 0.3) is 0 Å². The molecule has 0 bridgehead atoms. The molecule has 5 nitrogen and oxygen atoms in total. The first-order valence-electron chi connectivity index (χ1n) is 4.33. The van der Waals surface area contributed by atoms with E-state index in [1.165, 1.54) is 0 Å². The van der Waals surface area contributed by atoms with Crippen LogP contribution in [-0.4, -0.2) is 16.1 Å². The fraction of sp³-hybridized carbons (Fsp3) is 0.100. The lowest BCUT2D eigenvalue weighted by Crippen LogP contribution is -2.08. The van der Waals surface area contributed by atoms with Crippen LogP contribution in [0.5, 0.6) is 6.01 Å². The molecule has 0 spiro atoms. The Labute approximate surface area is 85.7 Å². The molecule has 0 aliphatic rings. The van der Waals surface area contributed by atoms with Crippen LogP contribution in [0, 0.1) is 6.92 Å². The summed E-state index contributed by atoms with van der Waals surface area (Å²) in [5, 5.41) is 3.45. The molecule has 5 heteroatoms. The Morgan fingerprint density at radius 3 is 2.67 bits per heavy atom. The maximum atomic E-state index is 11.5. The highest BCUT2D eigenvalue weighted by atomic mass is 16.6. The summed E-state index contributed by atoms with van der Waals surface area (Å²) in [5.41, 5.74) is 0.444. The van der Waals surface area contributed by atoms with Crippen molar-refractivity contribution in [1.82, 2.24) is 10.1 Å². The van der Waals surface area contributed by atoms with E-state index in [0.717, 1.165) is 0 Å². The number of hydrogen-bond acceptors (Lipinski definition) is 5. The summed E-state index contributed by atoms with van der Waals surface area (Å²) < 4.78 is 9.53. The molecule has 15 heavy (non-hydrogen) atoms. The van der Waals surface area contributed by atoms with Crippen molar-refractivity contribution in [3.05, 3.63) is 41.8 Å². The minimum Gasteiger partial charge on any atom is -0.385 e. The van der Waals surface area contributed by atoms with E-state index < -0.39 is 5.97 Å². The number of aryl methyl sites for hydroxylation is 1. The molecule has 0 aliphatic heterocycles. The van der Waals surface area contributed by atoms with Gasteiger partial charge in [-0.3, -0.25) is 0 Å². The molecule has 0 amide bonds. The number of benzene rings is 1. The molecular weight excluding hydrogens is 196 g/mol. The van der Waals surface area contributed by atoms with E-state index in [1.54, 1.807) is 31.2 Å². The van der Waals surface area contributed by atoms with E-state index in [2.05, 4.69) is 14.7 Å². The number of aromatic nitrogens is 2. The second-order valence-electron chi connectivity index (χ2n) is 2.85. The van der Waals surface area contributed by atoms with Gasteiger partial charge in [-0.1, -0.05) is 18.2 Å². The average molecular weight is 204 g/mol. The molecular formula is C10H8N2O3. The number of nitrogens with zero attached hydrogens (tertiary/aromatic N) is 2. The number of ether oxygens (including phenoxy) is 1. The highest BCUT2D eigenvalue weighted by Gasteiger charge is 2.11. The van der Waals surface area contributed by atoms with Crippen LogP contribution < -0.4 is 4.74 Å². The first kappa shape index (κ1) is 9.39. The van der Waals surface area contributed by atoms with Gasteiger partial charge in [-0.15, -0.1) is 0 Å². The van der Waals surface area contributed by atoms with Crippen LogP contribution in [0.4, 0.5) is 0 Å². The lowest BCUT2D eigenvalue weighted by Gasteiger charge is -1.97. The summed E-state index contributed by atoms with van der Waals surface area (Å²) >= 11 is 0. The van der Waals surface area contributed by atoms with E-state index in [1.807, 2.05) is 6.07 Å². The van der Waals surface area contributed by atoms with Crippen molar-refractivity contribution in [2.75, 3.05) is 0 Å². The molecule has 0 atom stereocenters. The highest BCUT2D eigenvalue weighted by molar-refractivity contribution is 5.90. The molecule has 76 valence electrons. The largest absolute Gasteiger partial charge is 0.385 e. The van der Waals surface area contributed by atoms with Gasteiger partial charge in [-0.25, -0.2) is 4.79 Å². The third kappa shape index (κ3) is 2.19. The van der Waals surface area contributed by atoms with Gasteiger partial charge in [0, 0.05) is 6.92 Å². The Hall–Kier alpha value is -2.17. The van der Waals surface area contributed by atoms with Gasteiger partial charge in [-0.2, -0.15) is 4.98 Å². The third-order valence-corrected chi connectivity index (χ3v) is 1.70. The lowest BCUT2D eigenvalue weighted by atomic mass is 10.2. The average Bonchev–Trinajstić information content (AvgIpc) is 2.65. The van der Waals surface area contributed by atoms with Crippen molar-refractivity contribution in [3.8, 4) is 6.01 Å². The fourth-order valence-electron chi connectivity index (χ4n) is 1.04. The molecule has 0 saturated carbocycles. The summed E-state index contributed by atoms with van der Waals surface area (Å²) in [6.45, 7) is 1.62. The summed E-state index contributed by atoms with van der Waals surface area (Å²) in [5.74, 6) is -0.151. The van der Waals surface area contributed by atoms with Crippen molar-refractivity contribution in [3.63, 3.8) is 0 Å². The van der Waals surface area contributed by atoms with Crippen LogP contribution in [0.1, 0.15) is 16.2 Å². The standard InChI is InChI=1S/C10H8N2O3/c1-7-11-10(12-15-7)14-9(13)8-5-3-2-4-6-8/h2-6H,1H3. The lowest BCUT2D eigenvalue weighted by molar-refractivity contribution is 0.0714. The van der Waals surface area contributed by atoms with Gasteiger partial charge >= 0.3 is 12.0 Å². The Kier molecular flexibility index (Phi) is 2.45. The van der Waals surface area contributed by atoms with Crippen LogP contribution >= 0.6 is 0 Å². The molecule has 0 saturated heterocycles.